The van der Waals surface area contributed by atoms with Gasteiger partial charge in [-0.25, -0.2) is 4.39 Å². The number of benzene rings is 2. The second-order valence-corrected chi connectivity index (χ2v) is 9.14. The molecule has 0 amide bonds. The van der Waals surface area contributed by atoms with Gasteiger partial charge in [-0.05, 0) is 35.9 Å². The number of aromatic nitrogens is 1. The van der Waals surface area contributed by atoms with Crippen LogP contribution < -0.4 is 4.74 Å². The van der Waals surface area contributed by atoms with Crippen molar-refractivity contribution in [3.05, 3.63) is 103 Å². The molecule has 1 aliphatic rings. The number of aliphatic hydroxyl groups excluding tert-OH is 1. The van der Waals surface area contributed by atoms with Gasteiger partial charge in [-0.2, -0.15) is 0 Å². The molecule has 0 fully saturated rings. The summed E-state index contributed by atoms with van der Waals surface area (Å²) in [6.07, 6.45) is -0.0196. The van der Waals surface area contributed by atoms with Crippen LogP contribution in [0.1, 0.15) is 38.4 Å². The second-order valence-electron chi connectivity index (χ2n) is 7.54. The minimum atomic E-state index is -0.688. The molecule has 0 saturated heterocycles. The van der Waals surface area contributed by atoms with Gasteiger partial charge in [0.05, 0.1) is 40.7 Å². The Bertz CT molecular complexity index is 1440. The summed E-state index contributed by atoms with van der Waals surface area (Å²) in [6.45, 7) is -0.504. The lowest BCUT2D eigenvalue weighted by Crippen LogP contribution is -2.15. The van der Waals surface area contributed by atoms with Crippen LogP contribution in [0.2, 0.25) is 10.2 Å². The van der Waals surface area contributed by atoms with Crippen LogP contribution in [0, 0.1) is 5.82 Å². The zero-order valence-electron chi connectivity index (χ0n) is 18.0. The van der Waals surface area contributed by atoms with Crippen molar-refractivity contribution in [2.24, 2.45) is 0 Å². The van der Waals surface area contributed by atoms with Gasteiger partial charge >= 0.3 is 0 Å². The quantitative estimate of drug-likeness (QED) is 0.324. The summed E-state index contributed by atoms with van der Waals surface area (Å²) >= 11 is 25.6. The summed E-state index contributed by atoms with van der Waals surface area (Å²) in [6, 6.07) is 11.3. The number of carbonyl (C=O) groups excluding carboxylic acids is 2. The highest BCUT2D eigenvalue weighted by Crippen LogP contribution is 2.45. The molecule has 0 bridgehead atoms. The molecular weight excluding hydrogens is 539 g/mol. The van der Waals surface area contributed by atoms with Gasteiger partial charge in [0.2, 0.25) is 5.78 Å². The number of methoxy groups -OCH3 is 1. The Morgan fingerprint density at radius 2 is 1.74 bits per heavy atom. The molecule has 0 radical (unpaired) electrons. The van der Waals surface area contributed by atoms with Crippen molar-refractivity contribution < 1.29 is 23.8 Å². The van der Waals surface area contributed by atoms with Gasteiger partial charge in [0, 0.05) is 22.6 Å². The van der Waals surface area contributed by atoms with E-state index >= 15 is 0 Å². The molecule has 0 unspecified atom stereocenters. The molecule has 4 rings (SSSR count). The van der Waals surface area contributed by atoms with Crippen LogP contribution in [0.15, 0.2) is 64.2 Å². The highest BCUT2D eigenvalue weighted by Gasteiger charge is 2.34. The Labute approximate surface area is 219 Å². The van der Waals surface area contributed by atoms with E-state index in [1.54, 1.807) is 24.3 Å². The number of ketones is 2. The number of hydrogen-bond donors (Lipinski definition) is 1. The molecule has 0 atom stereocenters. The molecule has 1 heterocycles. The maximum Gasteiger partial charge on any atom is 0.210 e. The van der Waals surface area contributed by atoms with Gasteiger partial charge in [0.25, 0.3) is 0 Å². The summed E-state index contributed by atoms with van der Waals surface area (Å²) in [5.74, 6) is -1.46. The van der Waals surface area contributed by atoms with Gasteiger partial charge in [0.15, 0.2) is 5.78 Å². The van der Waals surface area contributed by atoms with Crippen LogP contribution in [-0.2, 0) is 6.61 Å². The van der Waals surface area contributed by atoms with Gasteiger partial charge in [-0.3, -0.25) is 14.2 Å². The van der Waals surface area contributed by atoms with Gasteiger partial charge < -0.3 is 9.84 Å². The molecule has 2 aromatic carbocycles. The molecule has 1 aliphatic carbocycles. The van der Waals surface area contributed by atoms with E-state index in [0.29, 0.717) is 5.75 Å². The molecule has 1 aromatic heterocycles. The maximum absolute atomic E-state index is 14.0. The number of rotatable bonds is 7. The first-order valence-corrected chi connectivity index (χ1v) is 11.7. The van der Waals surface area contributed by atoms with E-state index in [4.69, 9.17) is 51.1 Å². The van der Waals surface area contributed by atoms with E-state index in [0.717, 1.165) is 12.1 Å². The Balaban J connectivity index is 1.95. The Kier molecular flexibility index (Phi) is 7.40. The highest BCUT2D eigenvalue weighted by atomic mass is 35.5. The molecule has 3 aromatic rings. The number of aliphatic hydroxyl groups is 1. The molecule has 0 spiro atoms. The standard InChI is InChI=1S/C25H16Cl4FNO4/c1-35-20-5-3-2-4-14(20)23(33)16-9-17(26)21(28)22(16)31-19(10-18(27)25(31)29)24(34)15-8-13(30)7-6-12(15)11-32/h2-8,10,32H,9,11H2,1H3. The fourth-order valence-electron chi connectivity index (χ4n) is 3.87. The van der Waals surface area contributed by atoms with Crippen molar-refractivity contribution in [1.82, 2.24) is 4.57 Å². The summed E-state index contributed by atoms with van der Waals surface area (Å²) in [4.78, 5) is 27.1. The van der Waals surface area contributed by atoms with Gasteiger partial charge in [-0.1, -0.05) is 64.6 Å². The predicted molar refractivity (Wildman–Crippen MR) is 134 cm³/mol. The van der Waals surface area contributed by atoms with Crippen molar-refractivity contribution in [3.8, 4) is 5.75 Å². The minimum absolute atomic E-state index is 0.000970. The number of nitrogens with zero attached hydrogens (tertiary/aromatic N) is 1. The van der Waals surface area contributed by atoms with Crippen molar-refractivity contribution in [2.75, 3.05) is 7.11 Å². The number of carbonyl (C=O) groups is 2. The van der Waals surface area contributed by atoms with Crippen molar-refractivity contribution in [3.63, 3.8) is 0 Å². The molecule has 35 heavy (non-hydrogen) atoms. The number of para-hydroxylation sites is 1. The van der Waals surface area contributed by atoms with Crippen molar-refractivity contribution >= 4 is 63.7 Å². The molecular formula is C25H16Cl4FNO4. The molecule has 1 N–H and O–H groups in total. The molecule has 0 saturated carbocycles. The molecule has 5 nitrogen and oxygen atoms in total. The van der Waals surface area contributed by atoms with E-state index in [2.05, 4.69) is 0 Å². The van der Waals surface area contributed by atoms with Crippen LogP contribution in [0.5, 0.6) is 5.75 Å². The van der Waals surface area contributed by atoms with Crippen LogP contribution in [-0.4, -0.2) is 28.3 Å². The van der Waals surface area contributed by atoms with E-state index < -0.39 is 24.0 Å². The number of Topliss-reactive ketones (excluding diaryl/α,β-unsaturated/α-hetero) is 1. The average molecular weight is 555 g/mol. The fourth-order valence-corrected chi connectivity index (χ4v) is 4.78. The number of halogens is 5. The lowest BCUT2D eigenvalue weighted by molar-refractivity contribution is 0.101. The van der Waals surface area contributed by atoms with E-state index in [9.17, 15) is 19.1 Å². The first-order chi connectivity index (χ1) is 16.7. The first kappa shape index (κ1) is 25.5. The number of hydrogen-bond acceptors (Lipinski definition) is 4. The molecule has 10 heteroatoms. The molecule has 180 valence electrons. The Hall–Kier alpha value is -2.61. The summed E-state index contributed by atoms with van der Waals surface area (Å²) < 4.78 is 20.5. The van der Waals surface area contributed by atoms with Crippen LogP contribution in [0.4, 0.5) is 4.39 Å². The van der Waals surface area contributed by atoms with Crippen LogP contribution in [0.3, 0.4) is 0 Å². The SMILES string of the molecule is COc1ccccc1C(=O)C1=C(n2c(C(=O)c3cc(F)ccc3CO)cc(Cl)c2Cl)C(Cl)=C(Cl)C1. The fraction of sp³-hybridized carbons (Fsp3) is 0.120. The minimum Gasteiger partial charge on any atom is -0.496 e. The van der Waals surface area contributed by atoms with Crippen molar-refractivity contribution in [2.45, 2.75) is 13.0 Å². The predicted octanol–water partition coefficient (Wildman–Crippen LogP) is 6.85. The zero-order chi connectivity index (χ0) is 25.4. The third-order valence-electron chi connectivity index (χ3n) is 5.53. The monoisotopic (exact) mass is 553 g/mol. The molecule has 0 aliphatic heterocycles. The van der Waals surface area contributed by atoms with E-state index in [1.807, 2.05) is 0 Å². The first-order valence-electron chi connectivity index (χ1n) is 10.2. The average Bonchev–Trinajstić information content (AvgIpc) is 3.32. The highest BCUT2D eigenvalue weighted by molar-refractivity contribution is 6.47. The maximum atomic E-state index is 14.0. The number of allylic oxidation sites excluding steroid dienone is 4. The lowest BCUT2D eigenvalue weighted by atomic mass is 9.99. The largest absolute Gasteiger partial charge is 0.496 e. The second kappa shape index (κ2) is 10.2. The normalized spacial score (nSPS) is 13.6. The van der Waals surface area contributed by atoms with Crippen LogP contribution in [0.25, 0.3) is 5.70 Å². The smallest absolute Gasteiger partial charge is 0.210 e. The van der Waals surface area contributed by atoms with Gasteiger partial charge in [-0.15, -0.1) is 0 Å². The van der Waals surface area contributed by atoms with Gasteiger partial charge in [0.1, 0.15) is 16.7 Å². The zero-order valence-corrected chi connectivity index (χ0v) is 21.1. The van der Waals surface area contributed by atoms with Crippen molar-refractivity contribution in [1.29, 1.82) is 0 Å². The van der Waals surface area contributed by atoms with Crippen LogP contribution >= 0.6 is 46.4 Å². The summed E-state index contributed by atoms with van der Waals surface area (Å²) in [7, 11) is 1.44. The Morgan fingerprint density at radius 1 is 1.03 bits per heavy atom. The Morgan fingerprint density at radius 3 is 2.43 bits per heavy atom. The summed E-state index contributed by atoms with van der Waals surface area (Å²) in [5, 5.41) is 9.75. The van der Waals surface area contributed by atoms with E-state index in [1.165, 1.54) is 23.8 Å². The topological polar surface area (TPSA) is 68.5 Å². The lowest BCUT2D eigenvalue weighted by Gasteiger charge is -2.16. The number of ether oxygens (including phenoxy) is 1. The third kappa shape index (κ3) is 4.53. The third-order valence-corrected chi connectivity index (χ3v) is 7.11. The van der Waals surface area contributed by atoms with E-state index in [-0.39, 0.29) is 60.3 Å². The summed E-state index contributed by atoms with van der Waals surface area (Å²) in [5.41, 5.74) is 0.506.